The van der Waals surface area contributed by atoms with E-state index in [4.69, 9.17) is 10.5 Å². The van der Waals surface area contributed by atoms with Gasteiger partial charge in [0.1, 0.15) is 0 Å². The summed E-state index contributed by atoms with van der Waals surface area (Å²) in [5.41, 5.74) is 7.27. The highest BCUT2D eigenvalue weighted by atomic mass is 32.2. The first-order valence-electron chi connectivity index (χ1n) is 7.18. The normalized spacial score (nSPS) is 12.5. The van der Waals surface area contributed by atoms with Gasteiger partial charge in [0.2, 0.25) is 10.0 Å². The van der Waals surface area contributed by atoms with Crippen LogP contribution in [0.4, 0.5) is 5.69 Å². The second-order valence-corrected chi connectivity index (χ2v) is 7.66. The highest BCUT2D eigenvalue weighted by Crippen LogP contribution is 2.16. The van der Waals surface area contributed by atoms with Crippen LogP contribution in [0.15, 0.2) is 24.3 Å². The van der Waals surface area contributed by atoms with Gasteiger partial charge in [0.05, 0.1) is 18.5 Å². The number of hydrogen-bond acceptors (Lipinski definition) is 4. The molecule has 0 spiro atoms. The first kappa shape index (κ1) is 17.9. The van der Waals surface area contributed by atoms with Crippen molar-refractivity contribution < 1.29 is 13.2 Å². The maximum absolute atomic E-state index is 12.5. The monoisotopic (exact) mass is 314 g/mol. The first-order valence-corrected chi connectivity index (χ1v) is 8.79. The van der Waals surface area contributed by atoms with Crippen LogP contribution in [0.2, 0.25) is 0 Å². The minimum Gasteiger partial charge on any atom is -0.399 e. The van der Waals surface area contributed by atoms with Crippen molar-refractivity contribution in [3.8, 4) is 0 Å². The molecule has 0 radical (unpaired) electrons. The molecule has 0 bridgehead atoms. The predicted molar refractivity (Wildman–Crippen MR) is 86.4 cm³/mol. The Morgan fingerprint density at radius 3 is 2.43 bits per heavy atom. The largest absolute Gasteiger partial charge is 0.399 e. The summed E-state index contributed by atoms with van der Waals surface area (Å²) < 4.78 is 31.8. The molecule has 0 aliphatic carbocycles. The molecule has 5 nitrogen and oxygen atoms in total. The molecule has 1 rings (SSSR count). The van der Waals surface area contributed by atoms with Crippen molar-refractivity contribution in [3.05, 3.63) is 29.8 Å². The van der Waals surface area contributed by atoms with E-state index in [-0.39, 0.29) is 24.5 Å². The van der Waals surface area contributed by atoms with E-state index >= 15 is 0 Å². The predicted octanol–water partition coefficient (Wildman–Crippen LogP) is 2.23. The number of anilines is 1. The van der Waals surface area contributed by atoms with Crippen LogP contribution in [0, 0.1) is 0 Å². The fraction of sp³-hybridized carbons (Fsp3) is 0.600. The lowest BCUT2D eigenvalue weighted by molar-refractivity contribution is 0.0905. The molecule has 6 heteroatoms. The van der Waals surface area contributed by atoms with E-state index in [1.807, 2.05) is 39.8 Å². The van der Waals surface area contributed by atoms with Crippen LogP contribution in [0.1, 0.15) is 33.3 Å². The molecule has 0 aliphatic heterocycles. The average molecular weight is 314 g/mol. The fourth-order valence-corrected chi connectivity index (χ4v) is 3.51. The maximum Gasteiger partial charge on any atom is 0.216 e. The fourth-order valence-electron chi connectivity index (χ4n) is 1.98. The average Bonchev–Trinajstić information content (AvgIpc) is 2.34. The van der Waals surface area contributed by atoms with Crippen molar-refractivity contribution in [3.63, 3.8) is 0 Å². The lowest BCUT2D eigenvalue weighted by Gasteiger charge is -2.26. The molecular weight excluding hydrogens is 288 g/mol. The zero-order chi connectivity index (χ0) is 16.0. The van der Waals surface area contributed by atoms with E-state index in [2.05, 4.69) is 0 Å². The maximum atomic E-state index is 12.5. The molecule has 0 aromatic heterocycles. The Morgan fingerprint density at radius 2 is 1.90 bits per heavy atom. The van der Waals surface area contributed by atoms with Crippen LogP contribution in [-0.4, -0.2) is 37.2 Å². The Bertz CT molecular complexity index is 542. The van der Waals surface area contributed by atoms with Crippen molar-refractivity contribution in [1.82, 2.24) is 4.31 Å². The van der Waals surface area contributed by atoms with Crippen molar-refractivity contribution in [2.45, 2.75) is 46.4 Å². The summed E-state index contributed by atoms with van der Waals surface area (Å²) in [5.74, 6) is -0.00826. The molecule has 0 amide bonds. The van der Waals surface area contributed by atoms with Crippen LogP contribution >= 0.6 is 0 Å². The molecule has 21 heavy (non-hydrogen) atoms. The molecule has 0 saturated carbocycles. The number of nitrogen functional groups attached to an aromatic ring is 1. The van der Waals surface area contributed by atoms with Gasteiger partial charge < -0.3 is 10.5 Å². The minimum absolute atomic E-state index is 0.00826. The van der Waals surface area contributed by atoms with Crippen molar-refractivity contribution >= 4 is 15.7 Å². The topological polar surface area (TPSA) is 72.6 Å². The molecule has 0 aliphatic rings. The van der Waals surface area contributed by atoms with Crippen LogP contribution in [0.25, 0.3) is 0 Å². The zero-order valence-corrected chi connectivity index (χ0v) is 14.1. The second-order valence-electron chi connectivity index (χ2n) is 5.62. The molecule has 0 fully saturated rings. The van der Waals surface area contributed by atoms with E-state index in [0.29, 0.717) is 12.2 Å². The third-order valence-corrected chi connectivity index (χ3v) is 4.96. The van der Waals surface area contributed by atoms with Gasteiger partial charge in [-0.15, -0.1) is 0 Å². The molecule has 2 N–H and O–H groups in total. The van der Waals surface area contributed by atoms with E-state index in [9.17, 15) is 8.42 Å². The van der Waals surface area contributed by atoms with Gasteiger partial charge in [0.25, 0.3) is 0 Å². The van der Waals surface area contributed by atoms with E-state index in [0.717, 1.165) is 5.56 Å². The van der Waals surface area contributed by atoms with Crippen LogP contribution in [0.3, 0.4) is 0 Å². The summed E-state index contributed by atoms with van der Waals surface area (Å²) in [4.78, 5) is 0. The zero-order valence-electron chi connectivity index (χ0n) is 13.2. The molecule has 0 saturated heterocycles. The summed E-state index contributed by atoms with van der Waals surface area (Å²) in [5, 5.41) is 0. The first-order chi connectivity index (χ1) is 9.72. The number of nitrogens with two attached hydrogens (primary N) is 1. The van der Waals surface area contributed by atoms with E-state index < -0.39 is 10.0 Å². The summed E-state index contributed by atoms with van der Waals surface area (Å²) >= 11 is 0. The third kappa shape index (κ3) is 6.03. The SMILES string of the molecule is CC(C)OCCS(=O)(=O)N(Cc1cccc(N)c1)C(C)C. The molecule has 0 heterocycles. The highest BCUT2D eigenvalue weighted by Gasteiger charge is 2.25. The number of ether oxygens (including phenoxy) is 1. The number of rotatable bonds is 8. The lowest BCUT2D eigenvalue weighted by Crippen LogP contribution is -2.39. The van der Waals surface area contributed by atoms with Gasteiger partial charge >= 0.3 is 0 Å². The van der Waals surface area contributed by atoms with Gasteiger partial charge in [-0.2, -0.15) is 4.31 Å². The van der Waals surface area contributed by atoms with Crippen LogP contribution in [-0.2, 0) is 21.3 Å². The van der Waals surface area contributed by atoms with Crippen molar-refractivity contribution in [1.29, 1.82) is 0 Å². The summed E-state index contributed by atoms with van der Waals surface area (Å²) in [7, 11) is -3.36. The molecule has 1 aromatic carbocycles. The van der Waals surface area contributed by atoms with E-state index in [1.165, 1.54) is 4.31 Å². The molecule has 1 aromatic rings. The third-order valence-electron chi connectivity index (χ3n) is 3.02. The number of sulfonamides is 1. The van der Waals surface area contributed by atoms with Crippen molar-refractivity contribution in [2.24, 2.45) is 0 Å². The standard InChI is InChI=1S/C15H26N2O3S/c1-12(2)17(11-14-6-5-7-15(16)10-14)21(18,19)9-8-20-13(3)4/h5-7,10,12-13H,8-9,11,16H2,1-4H3. The number of hydrogen-bond donors (Lipinski definition) is 1. The van der Waals surface area contributed by atoms with Crippen LogP contribution < -0.4 is 5.73 Å². The Balaban J connectivity index is 2.80. The van der Waals surface area contributed by atoms with Gasteiger partial charge in [-0.25, -0.2) is 8.42 Å². The Morgan fingerprint density at radius 1 is 1.24 bits per heavy atom. The molecule has 0 atom stereocenters. The number of nitrogens with zero attached hydrogens (tertiary/aromatic N) is 1. The van der Waals surface area contributed by atoms with Crippen LogP contribution in [0.5, 0.6) is 0 Å². The van der Waals surface area contributed by atoms with Gasteiger partial charge in [-0.1, -0.05) is 12.1 Å². The van der Waals surface area contributed by atoms with Gasteiger partial charge in [-0.05, 0) is 45.4 Å². The van der Waals surface area contributed by atoms with E-state index in [1.54, 1.807) is 12.1 Å². The second kappa shape index (κ2) is 7.77. The Hall–Kier alpha value is -1.11. The Kier molecular flexibility index (Phi) is 6.64. The van der Waals surface area contributed by atoms with Gasteiger partial charge in [0, 0.05) is 18.3 Å². The van der Waals surface area contributed by atoms with Gasteiger partial charge in [-0.3, -0.25) is 0 Å². The summed E-state index contributed by atoms with van der Waals surface area (Å²) in [6.07, 6.45) is 0.0293. The van der Waals surface area contributed by atoms with Crippen molar-refractivity contribution in [2.75, 3.05) is 18.1 Å². The van der Waals surface area contributed by atoms with Gasteiger partial charge in [0.15, 0.2) is 0 Å². The smallest absolute Gasteiger partial charge is 0.216 e. The quantitative estimate of drug-likeness (QED) is 0.747. The highest BCUT2D eigenvalue weighted by molar-refractivity contribution is 7.89. The summed E-state index contributed by atoms with van der Waals surface area (Å²) in [6, 6.07) is 7.18. The number of benzene rings is 1. The summed E-state index contributed by atoms with van der Waals surface area (Å²) in [6.45, 7) is 8.05. The lowest BCUT2D eigenvalue weighted by atomic mass is 10.2. The molecular formula is C15H26N2O3S. The Labute approximate surface area is 128 Å². The molecule has 0 unspecified atom stereocenters. The molecule has 120 valence electrons. The minimum atomic E-state index is -3.36.